The van der Waals surface area contributed by atoms with Crippen molar-refractivity contribution < 1.29 is 14.6 Å². The molecular formula is C33H31ClN5O2+. The number of H-pyrrole nitrogens is 1. The summed E-state index contributed by atoms with van der Waals surface area (Å²) < 4.78 is 1.68. The molecule has 0 bridgehead atoms. The topological polar surface area (TPSA) is 90.2 Å². The number of allylic oxidation sites excluding steroid dienone is 3. The molecule has 1 amide bonds. The molecule has 3 N–H and O–H groups in total. The van der Waals surface area contributed by atoms with Gasteiger partial charge in [0, 0.05) is 34.5 Å². The number of rotatable bonds is 5. The molecule has 2 unspecified atom stereocenters. The van der Waals surface area contributed by atoms with Crippen molar-refractivity contribution in [3.05, 3.63) is 129 Å². The molecule has 2 aromatic carbocycles. The number of anilines is 1. The zero-order chi connectivity index (χ0) is 28.7. The summed E-state index contributed by atoms with van der Waals surface area (Å²) in [5.41, 5.74) is 6.69. The van der Waals surface area contributed by atoms with E-state index in [0.717, 1.165) is 22.5 Å². The van der Waals surface area contributed by atoms with E-state index in [1.165, 1.54) is 0 Å². The van der Waals surface area contributed by atoms with Crippen molar-refractivity contribution in [2.24, 2.45) is 0 Å². The minimum absolute atomic E-state index is 0.000727. The molecule has 0 fully saturated rings. The van der Waals surface area contributed by atoms with E-state index in [0.29, 0.717) is 51.9 Å². The molecule has 6 rings (SSSR count). The highest BCUT2D eigenvalue weighted by Gasteiger charge is 2.44. The molecule has 41 heavy (non-hydrogen) atoms. The van der Waals surface area contributed by atoms with Crippen LogP contribution in [-0.4, -0.2) is 21.5 Å². The predicted molar refractivity (Wildman–Crippen MR) is 159 cm³/mol. The van der Waals surface area contributed by atoms with E-state index in [9.17, 15) is 9.59 Å². The summed E-state index contributed by atoms with van der Waals surface area (Å²) in [6, 6.07) is 23.5. The molecule has 0 radical (unpaired) electrons. The van der Waals surface area contributed by atoms with Crippen molar-refractivity contribution in [2.45, 2.75) is 45.4 Å². The van der Waals surface area contributed by atoms with E-state index in [1.807, 2.05) is 81.4 Å². The van der Waals surface area contributed by atoms with Crippen LogP contribution in [0.1, 0.15) is 54.0 Å². The SMILES string of the molecule is CC1=C(C(=O)Nc2[nH+]cccc2C)C(c2c(C)nn(-c3ccccc3)c2Cl)C2=C(CC(c3ccccc3)CC2=O)N1. The lowest BCUT2D eigenvalue weighted by Gasteiger charge is -2.36. The number of nitrogens with zero attached hydrogens (tertiary/aromatic N) is 2. The molecular weight excluding hydrogens is 534 g/mol. The maximum absolute atomic E-state index is 14.1. The van der Waals surface area contributed by atoms with Gasteiger partial charge in [0.1, 0.15) is 5.15 Å². The van der Waals surface area contributed by atoms with Gasteiger partial charge >= 0.3 is 5.91 Å². The van der Waals surface area contributed by atoms with Gasteiger partial charge in [-0.2, -0.15) is 5.10 Å². The Labute approximate surface area is 244 Å². The number of pyridine rings is 1. The Hall–Kier alpha value is -4.49. The van der Waals surface area contributed by atoms with Crippen molar-refractivity contribution in [3.8, 4) is 5.69 Å². The first-order valence-electron chi connectivity index (χ1n) is 13.7. The number of carbonyl (C=O) groups is 2. The largest absolute Gasteiger partial charge is 0.362 e. The van der Waals surface area contributed by atoms with Crippen LogP contribution in [0.2, 0.25) is 5.15 Å². The van der Waals surface area contributed by atoms with Crippen LogP contribution in [0.25, 0.3) is 5.69 Å². The Morgan fingerprint density at radius 2 is 1.71 bits per heavy atom. The number of nitrogens with one attached hydrogen (secondary N) is 3. The second kappa shape index (κ2) is 10.8. The van der Waals surface area contributed by atoms with Crippen LogP contribution < -0.4 is 15.6 Å². The fraction of sp³-hybridized carbons (Fsp3) is 0.212. The molecule has 0 saturated carbocycles. The minimum atomic E-state index is -0.676. The van der Waals surface area contributed by atoms with Gasteiger partial charge in [0.25, 0.3) is 5.82 Å². The Morgan fingerprint density at radius 1 is 1.00 bits per heavy atom. The molecule has 2 atom stereocenters. The number of aromatic nitrogens is 3. The predicted octanol–water partition coefficient (Wildman–Crippen LogP) is 5.96. The summed E-state index contributed by atoms with van der Waals surface area (Å²) in [6.45, 7) is 5.68. The van der Waals surface area contributed by atoms with Gasteiger partial charge in [0.2, 0.25) is 0 Å². The highest BCUT2D eigenvalue weighted by Crippen LogP contribution is 2.48. The van der Waals surface area contributed by atoms with Gasteiger partial charge in [-0.1, -0.05) is 60.1 Å². The number of carbonyl (C=O) groups excluding carboxylic acids is 2. The van der Waals surface area contributed by atoms with Gasteiger partial charge in [0.15, 0.2) is 5.78 Å². The second-order valence-electron chi connectivity index (χ2n) is 10.6. The Morgan fingerprint density at radius 3 is 2.41 bits per heavy atom. The van der Waals surface area contributed by atoms with E-state index in [4.69, 9.17) is 16.7 Å². The average Bonchev–Trinajstić information content (AvgIpc) is 3.27. The quantitative estimate of drug-likeness (QED) is 0.313. The summed E-state index contributed by atoms with van der Waals surface area (Å²) in [6.07, 6.45) is 2.77. The van der Waals surface area contributed by atoms with E-state index >= 15 is 0 Å². The number of halogens is 1. The molecule has 2 aliphatic rings. The van der Waals surface area contributed by atoms with Crippen molar-refractivity contribution in [1.82, 2.24) is 15.1 Å². The smallest absolute Gasteiger partial charge is 0.337 e. The van der Waals surface area contributed by atoms with Crippen LogP contribution in [0.5, 0.6) is 0 Å². The van der Waals surface area contributed by atoms with Gasteiger partial charge < -0.3 is 5.32 Å². The summed E-state index contributed by atoms with van der Waals surface area (Å²) in [4.78, 5) is 31.2. The highest BCUT2D eigenvalue weighted by molar-refractivity contribution is 6.31. The Bertz CT molecular complexity index is 1720. The first kappa shape index (κ1) is 26.7. The van der Waals surface area contributed by atoms with Crippen LogP contribution in [0.4, 0.5) is 5.82 Å². The van der Waals surface area contributed by atoms with Crippen molar-refractivity contribution in [3.63, 3.8) is 0 Å². The summed E-state index contributed by atoms with van der Waals surface area (Å²) >= 11 is 7.09. The van der Waals surface area contributed by atoms with Crippen LogP contribution in [0.3, 0.4) is 0 Å². The van der Waals surface area contributed by atoms with Gasteiger partial charge in [0.05, 0.1) is 29.1 Å². The van der Waals surface area contributed by atoms with Crippen LogP contribution in [0, 0.1) is 13.8 Å². The summed E-state index contributed by atoms with van der Waals surface area (Å²) in [5, 5.41) is 11.6. The number of aromatic amines is 1. The number of Topliss-reactive ketones (excluding diaryl/α,β-unsaturated/α-hetero) is 1. The van der Waals surface area contributed by atoms with Crippen molar-refractivity contribution in [2.75, 3.05) is 5.32 Å². The van der Waals surface area contributed by atoms with Gasteiger partial charge in [-0.05, 0) is 62.9 Å². The molecule has 3 heterocycles. The molecule has 0 saturated heterocycles. The maximum atomic E-state index is 14.1. The number of dihydropyridines is 1. The third kappa shape index (κ3) is 4.87. The van der Waals surface area contributed by atoms with E-state index in [2.05, 4.69) is 27.8 Å². The maximum Gasteiger partial charge on any atom is 0.337 e. The fourth-order valence-corrected chi connectivity index (χ4v) is 6.39. The third-order valence-corrected chi connectivity index (χ3v) is 8.35. The zero-order valence-corrected chi connectivity index (χ0v) is 23.9. The number of amides is 1. The van der Waals surface area contributed by atoms with Gasteiger partial charge in [-0.15, -0.1) is 0 Å². The first-order valence-corrected chi connectivity index (χ1v) is 14.1. The second-order valence-corrected chi connectivity index (χ2v) is 11.0. The molecule has 206 valence electrons. The summed E-state index contributed by atoms with van der Waals surface area (Å²) in [5.74, 6) is -0.342. The lowest BCUT2D eigenvalue weighted by molar-refractivity contribution is -0.361. The number of para-hydroxylation sites is 1. The molecule has 1 aliphatic carbocycles. The highest BCUT2D eigenvalue weighted by atomic mass is 35.5. The zero-order valence-electron chi connectivity index (χ0n) is 23.2. The molecule has 8 heteroatoms. The van der Waals surface area contributed by atoms with E-state index < -0.39 is 5.92 Å². The minimum Gasteiger partial charge on any atom is -0.362 e. The molecule has 4 aromatic rings. The third-order valence-electron chi connectivity index (χ3n) is 7.98. The molecule has 1 aliphatic heterocycles. The normalized spacial score (nSPS) is 18.7. The van der Waals surface area contributed by atoms with Crippen molar-refractivity contribution >= 4 is 29.1 Å². The average molecular weight is 565 g/mol. The standard InChI is InChI=1S/C33H30ClN5O2/c1-19-11-10-16-35-32(19)37-33(41)28-20(2)36-25-17-23(22-12-6-4-7-13-22)18-26(40)29(25)30(28)27-21(3)38-39(31(27)34)24-14-8-5-9-15-24/h4-16,23,30,36H,17-18H2,1-3H3,(H,35,37,41)/p+1. The van der Waals surface area contributed by atoms with Crippen LogP contribution >= 0.6 is 11.6 Å². The number of hydrogen-bond acceptors (Lipinski definition) is 4. The fourth-order valence-electron chi connectivity index (χ4n) is 6.01. The van der Waals surface area contributed by atoms with Crippen molar-refractivity contribution in [1.29, 1.82) is 0 Å². The lowest BCUT2D eigenvalue weighted by atomic mass is 9.71. The van der Waals surface area contributed by atoms with Crippen LogP contribution in [-0.2, 0) is 9.59 Å². The van der Waals surface area contributed by atoms with E-state index in [-0.39, 0.29) is 17.6 Å². The summed E-state index contributed by atoms with van der Waals surface area (Å²) in [7, 11) is 0. The first-order chi connectivity index (χ1) is 19.8. The molecule has 7 nitrogen and oxygen atoms in total. The number of aryl methyl sites for hydroxylation is 2. The van der Waals surface area contributed by atoms with Crippen LogP contribution in [0.15, 0.2) is 102 Å². The van der Waals surface area contributed by atoms with E-state index in [1.54, 1.807) is 10.9 Å². The Balaban J connectivity index is 1.49. The monoisotopic (exact) mass is 564 g/mol. The Kier molecular flexibility index (Phi) is 7.05. The lowest BCUT2D eigenvalue weighted by Crippen LogP contribution is -2.37. The molecule has 0 spiro atoms. The number of hydrogen-bond donors (Lipinski definition) is 2. The number of ketones is 1. The van der Waals surface area contributed by atoms with Gasteiger partial charge in [-0.25, -0.2) is 19.8 Å². The number of benzene rings is 2. The van der Waals surface area contributed by atoms with Gasteiger partial charge in [-0.3, -0.25) is 4.79 Å². The molecule has 2 aromatic heterocycles.